The highest BCUT2D eigenvalue weighted by Crippen LogP contribution is 2.22. The molecule has 0 bridgehead atoms. The number of hydrogen-bond acceptors (Lipinski definition) is 5. The molecule has 6 nitrogen and oxygen atoms in total. The van der Waals surface area contributed by atoms with Crippen molar-refractivity contribution >= 4 is 15.7 Å². The number of carbonyl (C=O) groups is 1. The van der Waals surface area contributed by atoms with Gasteiger partial charge in [-0.1, -0.05) is 48.0 Å². The summed E-state index contributed by atoms with van der Waals surface area (Å²) in [7, 11) is -3.59. The Bertz CT molecular complexity index is 861. The van der Waals surface area contributed by atoms with E-state index in [9.17, 15) is 13.2 Å². The van der Waals surface area contributed by atoms with E-state index in [1.807, 2.05) is 42.2 Å². The van der Waals surface area contributed by atoms with Gasteiger partial charge in [0.2, 0.25) is 5.91 Å². The zero-order chi connectivity index (χ0) is 19.3. The summed E-state index contributed by atoms with van der Waals surface area (Å²) in [5, 5.41) is 2.62. The molecule has 1 aliphatic rings. The molecule has 0 radical (unpaired) electrons. The van der Waals surface area contributed by atoms with Gasteiger partial charge in [-0.3, -0.25) is 9.69 Å². The normalized spacial score (nSPS) is 16.6. The molecule has 1 atom stereocenters. The number of amides is 1. The largest absolute Gasteiger partial charge is 0.379 e. The summed E-state index contributed by atoms with van der Waals surface area (Å²) >= 11 is 0. The average Bonchev–Trinajstić information content (AvgIpc) is 2.69. The Morgan fingerprint density at radius 1 is 1.07 bits per heavy atom. The van der Waals surface area contributed by atoms with Gasteiger partial charge in [0.05, 0.1) is 18.1 Å². The summed E-state index contributed by atoms with van der Waals surface area (Å²) in [4.78, 5) is 15.1. The fourth-order valence-corrected chi connectivity index (χ4v) is 4.14. The predicted molar refractivity (Wildman–Crippen MR) is 103 cm³/mol. The first-order chi connectivity index (χ1) is 13.0. The van der Waals surface area contributed by atoms with E-state index in [2.05, 4.69) is 5.32 Å². The van der Waals surface area contributed by atoms with Crippen LogP contribution in [0, 0.1) is 6.92 Å². The number of benzene rings is 2. The Hall–Kier alpha value is -2.22. The zero-order valence-electron chi connectivity index (χ0n) is 15.3. The lowest BCUT2D eigenvalue weighted by Crippen LogP contribution is -2.46. The number of nitrogens with zero attached hydrogens (tertiary/aromatic N) is 1. The van der Waals surface area contributed by atoms with Crippen LogP contribution < -0.4 is 5.32 Å². The molecule has 1 N–H and O–H groups in total. The van der Waals surface area contributed by atoms with Crippen LogP contribution in [0.1, 0.15) is 17.2 Å². The molecule has 0 saturated carbocycles. The third-order valence-electron chi connectivity index (χ3n) is 4.59. The SMILES string of the molecule is Cc1ccc(S(=O)(=O)CNC(=O)C(c2ccccc2)N2CCOCC2)cc1. The van der Waals surface area contributed by atoms with Crippen LogP contribution in [-0.4, -0.2) is 51.4 Å². The van der Waals surface area contributed by atoms with E-state index in [4.69, 9.17) is 4.74 Å². The summed E-state index contributed by atoms with van der Waals surface area (Å²) in [5.74, 6) is -0.749. The van der Waals surface area contributed by atoms with Gasteiger partial charge in [0.15, 0.2) is 9.84 Å². The molecule has 2 aromatic carbocycles. The number of nitrogens with one attached hydrogen (secondary N) is 1. The summed E-state index contributed by atoms with van der Waals surface area (Å²) in [6, 6.07) is 15.5. The van der Waals surface area contributed by atoms with Crippen LogP contribution in [-0.2, 0) is 19.4 Å². The quantitative estimate of drug-likeness (QED) is 0.818. The van der Waals surface area contributed by atoms with Crippen LogP contribution in [0.2, 0.25) is 0 Å². The molecule has 0 aliphatic carbocycles. The highest BCUT2D eigenvalue weighted by atomic mass is 32.2. The second-order valence-corrected chi connectivity index (χ2v) is 8.56. The first-order valence-electron chi connectivity index (χ1n) is 8.91. The predicted octanol–water partition coefficient (Wildman–Crippen LogP) is 1.92. The Morgan fingerprint density at radius 2 is 1.70 bits per heavy atom. The summed E-state index contributed by atoms with van der Waals surface area (Å²) in [5.41, 5.74) is 1.82. The van der Waals surface area contributed by atoms with E-state index < -0.39 is 21.8 Å². The molecule has 2 aromatic rings. The summed E-state index contributed by atoms with van der Waals surface area (Å²) in [6.45, 7) is 4.25. The van der Waals surface area contributed by atoms with Gasteiger partial charge in [-0.05, 0) is 24.6 Å². The molecule has 0 spiro atoms. The minimum absolute atomic E-state index is 0.205. The van der Waals surface area contributed by atoms with Crippen LogP contribution in [0.3, 0.4) is 0 Å². The molecule has 0 aromatic heterocycles. The molecule has 1 amide bonds. The van der Waals surface area contributed by atoms with Crippen LogP contribution in [0.15, 0.2) is 59.5 Å². The van der Waals surface area contributed by atoms with Crippen LogP contribution in [0.25, 0.3) is 0 Å². The second kappa shape index (κ2) is 8.65. The number of carbonyl (C=O) groups excluding carboxylic acids is 1. The van der Waals surface area contributed by atoms with E-state index in [1.54, 1.807) is 24.3 Å². The van der Waals surface area contributed by atoms with Gasteiger partial charge in [0.25, 0.3) is 0 Å². The van der Waals surface area contributed by atoms with Gasteiger partial charge in [-0.2, -0.15) is 0 Å². The minimum Gasteiger partial charge on any atom is -0.379 e. The van der Waals surface area contributed by atoms with E-state index in [0.29, 0.717) is 26.3 Å². The number of ether oxygens (including phenoxy) is 1. The fraction of sp³-hybridized carbons (Fsp3) is 0.350. The molecule has 3 rings (SSSR count). The molecule has 7 heteroatoms. The number of aryl methyl sites for hydroxylation is 1. The van der Waals surface area contributed by atoms with E-state index in [1.165, 1.54) is 0 Å². The standard InChI is InChI=1S/C20H24N2O4S/c1-16-7-9-18(10-8-16)27(24,25)15-21-20(23)19(17-5-3-2-4-6-17)22-11-13-26-14-12-22/h2-10,19H,11-15H2,1H3,(H,21,23). The maximum absolute atomic E-state index is 12.9. The topological polar surface area (TPSA) is 75.7 Å². The molecule has 144 valence electrons. The molecular formula is C20H24N2O4S. The van der Waals surface area contributed by atoms with Gasteiger partial charge in [0.1, 0.15) is 11.9 Å². The van der Waals surface area contributed by atoms with Crippen molar-refractivity contribution in [3.05, 3.63) is 65.7 Å². The first-order valence-corrected chi connectivity index (χ1v) is 10.6. The number of hydrogen-bond donors (Lipinski definition) is 1. The maximum Gasteiger partial charge on any atom is 0.242 e. The monoisotopic (exact) mass is 388 g/mol. The van der Waals surface area contributed by atoms with Gasteiger partial charge in [-0.15, -0.1) is 0 Å². The number of rotatable bonds is 6. The van der Waals surface area contributed by atoms with Gasteiger partial charge >= 0.3 is 0 Å². The van der Waals surface area contributed by atoms with Crippen molar-refractivity contribution in [2.75, 3.05) is 32.2 Å². The lowest BCUT2D eigenvalue weighted by molar-refractivity contribution is -0.128. The second-order valence-electron chi connectivity index (χ2n) is 6.57. The van der Waals surface area contributed by atoms with Crippen LogP contribution in [0.5, 0.6) is 0 Å². The van der Waals surface area contributed by atoms with Crippen molar-refractivity contribution in [1.29, 1.82) is 0 Å². The minimum atomic E-state index is -3.59. The van der Waals surface area contributed by atoms with Gasteiger partial charge < -0.3 is 10.1 Å². The van der Waals surface area contributed by atoms with Crippen molar-refractivity contribution in [3.8, 4) is 0 Å². The van der Waals surface area contributed by atoms with Crippen molar-refractivity contribution in [2.24, 2.45) is 0 Å². The lowest BCUT2D eigenvalue weighted by atomic mass is 10.0. The molecule has 27 heavy (non-hydrogen) atoms. The van der Waals surface area contributed by atoms with Crippen LogP contribution >= 0.6 is 0 Å². The fourth-order valence-electron chi connectivity index (χ4n) is 3.09. The highest BCUT2D eigenvalue weighted by Gasteiger charge is 2.29. The van der Waals surface area contributed by atoms with Crippen molar-refractivity contribution in [3.63, 3.8) is 0 Å². The van der Waals surface area contributed by atoms with Gasteiger partial charge in [0, 0.05) is 13.1 Å². The summed E-state index contributed by atoms with van der Waals surface area (Å²) < 4.78 is 30.4. The Labute approximate surface area is 160 Å². The Morgan fingerprint density at radius 3 is 2.33 bits per heavy atom. The number of morpholine rings is 1. The molecular weight excluding hydrogens is 364 g/mol. The zero-order valence-corrected chi connectivity index (χ0v) is 16.1. The van der Waals surface area contributed by atoms with Crippen molar-refractivity contribution < 1.29 is 17.9 Å². The van der Waals surface area contributed by atoms with Crippen molar-refractivity contribution in [2.45, 2.75) is 17.9 Å². The third-order valence-corrected chi connectivity index (χ3v) is 6.11. The third kappa shape index (κ3) is 4.94. The van der Waals surface area contributed by atoms with Gasteiger partial charge in [-0.25, -0.2) is 8.42 Å². The molecule has 1 aliphatic heterocycles. The van der Waals surface area contributed by atoms with Crippen molar-refractivity contribution in [1.82, 2.24) is 10.2 Å². The van der Waals surface area contributed by atoms with E-state index in [-0.39, 0.29) is 10.8 Å². The first kappa shape index (κ1) is 19.5. The van der Waals surface area contributed by atoms with E-state index in [0.717, 1.165) is 11.1 Å². The summed E-state index contributed by atoms with van der Waals surface area (Å²) in [6.07, 6.45) is 0. The van der Waals surface area contributed by atoms with Crippen LogP contribution in [0.4, 0.5) is 0 Å². The molecule has 1 fully saturated rings. The average molecular weight is 388 g/mol. The van der Waals surface area contributed by atoms with E-state index >= 15 is 0 Å². The maximum atomic E-state index is 12.9. The Kier molecular flexibility index (Phi) is 6.26. The number of sulfone groups is 1. The smallest absolute Gasteiger partial charge is 0.242 e. The molecule has 1 unspecified atom stereocenters. The lowest BCUT2D eigenvalue weighted by Gasteiger charge is -2.33. The highest BCUT2D eigenvalue weighted by molar-refractivity contribution is 7.91. The molecule has 1 saturated heterocycles. The molecule has 1 heterocycles. The Balaban J connectivity index is 1.75.